The first kappa shape index (κ1) is 82.2. The molecule has 528 valence electrons. The number of ether oxygens (including phenoxy) is 6. The Morgan fingerprint density at radius 2 is 0.733 bits per heavy atom. The maximum atomic E-state index is 13.4. The molecular weight excluding hydrogens is 1150 g/mol. The Bertz CT molecular complexity index is 1780. The van der Waals surface area contributed by atoms with E-state index in [9.17, 15) is 61.0 Å². The van der Waals surface area contributed by atoms with Crippen molar-refractivity contribution in [2.24, 2.45) is 0 Å². The van der Waals surface area contributed by atoms with Crippen LogP contribution in [0.2, 0.25) is 0 Å². The minimum Gasteiger partial charge on any atom is -0.394 e. The molecule has 12 N–H and O–H groups in total. The number of nitrogens with one attached hydrogen (secondary N) is 1. The van der Waals surface area contributed by atoms with Crippen molar-refractivity contribution in [1.29, 1.82) is 0 Å². The lowest BCUT2D eigenvalue weighted by molar-refractivity contribution is -0.379. The minimum absolute atomic E-state index is 0.241. The molecule has 0 radical (unpaired) electrons. The molecule has 19 heteroatoms. The van der Waals surface area contributed by atoms with Crippen LogP contribution in [0.15, 0.2) is 36.5 Å². The number of aliphatic hydroxyl groups is 11. The van der Waals surface area contributed by atoms with E-state index < -0.39 is 124 Å². The molecular formula is C71H131NO18. The van der Waals surface area contributed by atoms with Gasteiger partial charge in [0.05, 0.1) is 38.6 Å². The lowest BCUT2D eigenvalue weighted by Crippen LogP contribution is -2.66. The number of hydrogen-bond donors (Lipinski definition) is 12. The van der Waals surface area contributed by atoms with Crippen molar-refractivity contribution in [2.75, 3.05) is 26.4 Å². The Kier molecular flexibility index (Phi) is 48.6. The standard InChI is InChI=1S/C71H131NO18/c1-3-5-7-9-11-13-15-17-19-21-22-23-24-25-26-27-28-29-30-31-32-33-35-37-39-41-43-45-47-49-59(77)72-54(55(76)48-46-44-42-40-38-36-34-20-18-16-14-12-10-8-6-4-2)53-85-69-65(83)62(80)67(57(51-74)87-69)90-71-66(84)63(81)68(58(52-75)88-71)89-70-64(82)61(79)60(78)56(50-73)86-70/h15,17,21-22,24-25,54-58,60-71,73-76,78-84H,3-14,16,18-20,23,26-53H2,1-2H3,(H,72,77)/b17-15-,22-21-,25-24-. The third-order valence-electron chi connectivity index (χ3n) is 18.2. The first-order chi connectivity index (χ1) is 43.8. The van der Waals surface area contributed by atoms with Crippen LogP contribution in [0.3, 0.4) is 0 Å². The van der Waals surface area contributed by atoms with Crippen LogP contribution in [0.25, 0.3) is 0 Å². The van der Waals surface area contributed by atoms with Crippen molar-refractivity contribution in [3.8, 4) is 0 Å². The zero-order chi connectivity index (χ0) is 65.4. The number of carbonyl (C=O) groups excluding carboxylic acids is 1. The van der Waals surface area contributed by atoms with Gasteiger partial charge in [-0.3, -0.25) is 4.79 Å². The average Bonchev–Trinajstić information content (AvgIpc) is 1.05. The molecule has 0 aliphatic carbocycles. The predicted molar refractivity (Wildman–Crippen MR) is 351 cm³/mol. The quantitative estimate of drug-likeness (QED) is 0.0199. The topological polar surface area (TPSA) is 307 Å². The highest BCUT2D eigenvalue weighted by molar-refractivity contribution is 5.76. The van der Waals surface area contributed by atoms with Crippen LogP contribution in [0.5, 0.6) is 0 Å². The number of amides is 1. The highest BCUT2D eigenvalue weighted by atomic mass is 16.8. The second-order valence-electron chi connectivity index (χ2n) is 26.1. The number of unbranched alkanes of at least 4 members (excludes halogenated alkanes) is 34. The predicted octanol–water partition coefficient (Wildman–Crippen LogP) is 10.00. The molecule has 0 bridgehead atoms. The second kappa shape index (κ2) is 53.2. The highest BCUT2D eigenvalue weighted by Gasteiger charge is 2.53. The molecule has 3 aliphatic heterocycles. The summed E-state index contributed by atoms with van der Waals surface area (Å²) in [5.41, 5.74) is 0. The third-order valence-corrected chi connectivity index (χ3v) is 18.2. The van der Waals surface area contributed by atoms with Crippen LogP contribution in [-0.2, 0) is 33.2 Å². The summed E-state index contributed by atoms with van der Waals surface area (Å²) in [5, 5.41) is 121. The van der Waals surface area contributed by atoms with E-state index in [0.29, 0.717) is 12.8 Å². The van der Waals surface area contributed by atoms with E-state index in [0.717, 1.165) is 57.8 Å². The number of carbonyl (C=O) groups is 1. The van der Waals surface area contributed by atoms with Crippen molar-refractivity contribution in [3.63, 3.8) is 0 Å². The van der Waals surface area contributed by atoms with Crippen molar-refractivity contribution in [3.05, 3.63) is 36.5 Å². The first-order valence-corrected chi connectivity index (χ1v) is 36.2. The van der Waals surface area contributed by atoms with E-state index in [1.54, 1.807) is 0 Å². The molecule has 0 spiro atoms. The van der Waals surface area contributed by atoms with E-state index in [1.807, 2.05) is 0 Å². The monoisotopic (exact) mass is 1290 g/mol. The molecule has 19 nitrogen and oxygen atoms in total. The Balaban J connectivity index is 1.39. The fourth-order valence-electron chi connectivity index (χ4n) is 12.3. The van der Waals surface area contributed by atoms with Crippen molar-refractivity contribution in [1.82, 2.24) is 5.32 Å². The zero-order valence-corrected chi connectivity index (χ0v) is 55.9. The van der Waals surface area contributed by atoms with Gasteiger partial charge in [-0.2, -0.15) is 0 Å². The normalized spacial score (nSPS) is 28.2. The van der Waals surface area contributed by atoms with Gasteiger partial charge in [0.2, 0.25) is 5.91 Å². The Morgan fingerprint density at radius 3 is 1.14 bits per heavy atom. The van der Waals surface area contributed by atoms with E-state index >= 15 is 0 Å². The largest absolute Gasteiger partial charge is 0.394 e. The van der Waals surface area contributed by atoms with Crippen LogP contribution in [-0.4, -0.2) is 193 Å². The van der Waals surface area contributed by atoms with Gasteiger partial charge >= 0.3 is 0 Å². The maximum absolute atomic E-state index is 13.4. The number of allylic oxidation sites excluding steroid dienone is 6. The molecule has 3 saturated heterocycles. The van der Waals surface area contributed by atoms with E-state index in [-0.39, 0.29) is 18.9 Å². The maximum Gasteiger partial charge on any atom is 0.220 e. The fraction of sp³-hybridized carbons (Fsp3) is 0.901. The van der Waals surface area contributed by atoms with Gasteiger partial charge in [0.15, 0.2) is 18.9 Å². The molecule has 0 saturated carbocycles. The molecule has 3 aliphatic rings. The molecule has 0 aromatic rings. The lowest BCUT2D eigenvalue weighted by Gasteiger charge is -2.48. The molecule has 1 amide bonds. The third kappa shape index (κ3) is 34.6. The SMILES string of the molecule is CCCCCCC/C=C\C/C=C\C/C=C\CCCCCCCCCCCCCCCCC(=O)NC(COC1OC(CO)C(OC2OC(CO)C(OC3OC(CO)C(O)C(O)C3O)C(O)C2O)C(O)C1O)C(O)CCCCCCCCCCCCCCCCCC. The number of hydrogen-bond acceptors (Lipinski definition) is 18. The Morgan fingerprint density at radius 1 is 0.400 bits per heavy atom. The van der Waals surface area contributed by atoms with Crippen LogP contribution in [0, 0.1) is 0 Å². The first-order valence-electron chi connectivity index (χ1n) is 36.2. The van der Waals surface area contributed by atoms with E-state index in [2.05, 4.69) is 55.6 Å². The molecule has 3 rings (SSSR count). The highest BCUT2D eigenvalue weighted by Crippen LogP contribution is 2.33. The van der Waals surface area contributed by atoms with E-state index in [4.69, 9.17) is 28.4 Å². The van der Waals surface area contributed by atoms with Gasteiger partial charge in [-0.05, 0) is 51.4 Å². The summed E-state index contributed by atoms with van der Waals surface area (Å²) in [6.45, 7) is 1.81. The van der Waals surface area contributed by atoms with Crippen LogP contribution >= 0.6 is 0 Å². The molecule has 3 heterocycles. The summed E-state index contributed by atoms with van der Waals surface area (Å²) in [5.74, 6) is -0.241. The Labute approximate surface area is 542 Å². The fourth-order valence-corrected chi connectivity index (χ4v) is 12.3. The molecule has 17 unspecified atom stereocenters. The molecule has 3 fully saturated rings. The molecule has 0 aromatic heterocycles. The Hall–Kier alpha value is -1.99. The molecule has 17 atom stereocenters. The smallest absolute Gasteiger partial charge is 0.220 e. The minimum atomic E-state index is -1.97. The van der Waals surface area contributed by atoms with Gasteiger partial charge in [-0.25, -0.2) is 0 Å². The van der Waals surface area contributed by atoms with Gasteiger partial charge < -0.3 is 89.9 Å². The van der Waals surface area contributed by atoms with Gasteiger partial charge in [0.25, 0.3) is 0 Å². The summed E-state index contributed by atoms with van der Waals surface area (Å²) < 4.78 is 34.4. The summed E-state index contributed by atoms with van der Waals surface area (Å²) >= 11 is 0. The zero-order valence-electron chi connectivity index (χ0n) is 55.9. The summed E-state index contributed by atoms with van der Waals surface area (Å²) in [4.78, 5) is 13.4. The van der Waals surface area contributed by atoms with Gasteiger partial charge in [-0.1, -0.05) is 256 Å². The van der Waals surface area contributed by atoms with Crippen LogP contribution in [0.1, 0.15) is 277 Å². The lowest BCUT2D eigenvalue weighted by atomic mass is 9.96. The summed E-state index contributed by atoms with van der Waals surface area (Å²) in [6, 6.07) is -0.887. The number of aliphatic hydroxyl groups excluding tert-OH is 11. The van der Waals surface area contributed by atoms with Crippen molar-refractivity contribution >= 4 is 5.91 Å². The average molecular weight is 1290 g/mol. The van der Waals surface area contributed by atoms with Gasteiger partial charge in [-0.15, -0.1) is 0 Å². The summed E-state index contributed by atoms with van der Waals surface area (Å²) in [7, 11) is 0. The van der Waals surface area contributed by atoms with Crippen molar-refractivity contribution < 1.29 is 89.4 Å². The number of rotatable bonds is 56. The van der Waals surface area contributed by atoms with E-state index in [1.165, 1.54) is 186 Å². The van der Waals surface area contributed by atoms with Gasteiger partial charge in [0, 0.05) is 6.42 Å². The van der Waals surface area contributed by atoms with Gasteiger partial charge in [0.1, 0.15) is 73.2 Å². The summed E-state index contributed by atoms with van der Waals surface area (Å²) in [6.07, 6.45) is 35.1. The second-order valence-corrected chi connectivity index (χ2v) is 26.1. The molecule has 0 aromatic carbocycles. The van der Waals surface area contributed by atoms with Crippen LogP contribution < -0.4 is 5.32 Å². The van der Waals surface area contributed by atoms with Crippen molar-refractivity contribution in [2.45, 2.75) is 381 Å². The van der Waals surface area contributed by atoms with Crippen LogP contribution in [0.4, 0.5) is 0 Å². The molecule has 90 heavy (non-hydrogen) atoms.